The van der Waals surface area contributed by atoms with E-state index in [1.165, 1.54) is 0 Å². The molecule has 0 N–H and O–H groups in total. The number of nitrogens with zero attached hydrogens (tertiary/aromatic N) is 4. The summed E-state index contributed by atoms with van der Waals surface area (Å²) in [6.45, 7) is 5.93. The van der Waals surface area contributed by atoms with Gasteiger partial charge in [0.15, 0.2) is 0 Å². The van der Waals surface area contributed by atoms with Crippen molar-refractivity contribution in [1.29, 1.82) is 5.26 Å². The summed E-state index contributed by atoms with van der Waals surface area (Å²) in [5, 5.41) is 14.6. The van der Waals surface area contributed by atoms with Gasteiger partial charge in [0.2, 0.25) is 0 Å². The monoisotopic (exact) mass is 348 g/mol. The van der Waals surface area contributed by atoms with E-state index in [1.807, 2.05) is 45.0 Å². The summed E-state index contributed by atoms with van der Waals surface area (Å²) in [5.41, 5.74) is 5.69. The minimum atomic E-state index is 0.450. The van der Waals surface area contributed by atoms with Crippen molar-refractivity contribution in [2.75, 3.05) is 0 Å². The first-order chi connectivity index (χ1) is 12.0. The number of aromatic nitrogens is 3. The summed E-state index contributed by atoms with van der Waals surface area (Å²) in [5.74, 6) is 0. The zero-order chi connectivity index (χ0) is 18.0. The molecule has 1 aromatic carbocycles. The van der Waals surface area contributed by atoms with Gasteiger partial charge in [-0.05, 0) is 56.2 Å². The number of hydrogen-bond donors (Lipinski definition) is 0. The molecule has 0 saturated heterocycles. The number of benzene rings is 1. The van der Waals surface area contributed by atoms with Crippen molar-refractivity contribution in [2.24, 2.45) is 0 Å². The van der Waals surface area contributed by atoms with Gasteiger partial charge in [0.25, 0.3) is 0 Å². The van der Waals surface area contributed by atoms with Crippen LogP contribution in [0.25, 0.3) is 17.3 Å². The smallest absolute Gasteiger partial charge is 0.140 e. The molecule has 124 valence electrons. The van der Waals surface area contributed by atoms with E-state index in [9.17, 15) is 5.26 Å². The highest BCUT2D eigenvalue weighted by Crippen LogP contribution is 2.29. The summed E-state index contributed by atoms with van der Waals surface area (Å²) in [6, 6.07) is 13.8. The molecule has 0 atom stereocenters. The van der Waals surface area contributed by atoms with Gasteiger partial charge in [0, 0.05) is 11.8 Å². The normalized spacial score (nSPS) is 11.4. The SMILES string of the molecule is Cc1ccc(C)c(-n2nc(C)c(/C=C(\C#N)c3ccccn3)c2Cl)c1. The van der Waals surface area contributed by atoms with Crippen LogP contribution >= 0.6 is 11.6 Å². The van der Waals surface area contributed by atoms with Gasteiger partial charge in [0.1, 0.15) is 11.2 Å². The molecule has 0 aliphatic rings. The van der Waals surface area contributed by atoms with Gasteiger partial charge in [-0.2, -0.15) is 10.4 Å². The molecule has 0 saturated carbocycles. The fourth-order valence-electron chi connectivity index (χ4n) is 2.61. The molecule has 0 aliphatic heterocycles. The van der Waals surface area contributed by atoms with E-state index < -0.39 is 0 Å². The molecule has 0 bridgehead atoms. The van der Waals surface area contributed by atoms with E-state index in [4.69, 9.17) is 11.6 Å². The van der Waals surface area contributed by atoms with Crippen LogP contribution in [-0.4, -0.2) is 14.8 Å². The lowest BCUT2D eigenvalue weighted by Crippen LogP contribution is -2.00. The van der Waals surface area contributed by atoms with E-state index in [2.05, 4.69) is 22.2 Å². The maximum absolute atomic E-state index is 9.50. The molecule has 4 nitrogen and oxygen atoms in total. The zero-order valence-electron chi connectivity index (χ0n) is 14.3. The maximum Gasteiger partial charge on any atom is 0.140 e. The lowest BCUT2D eigenvalue weighted by atomic mass is 10.1. The molecule has 0 amide bonds. The van der Waals surface area contributed by atoms with Crippen molar-refractivity contribution < 1.29 is 0 Å². The number of aryl methyl sites for hydroxylation is 3. The van der Waals surface area contributed by atoms with Crippen molar-refractivity contribution in [3.63, 3.8) is 0 Å². The third kappa shape index (κ3) is 3.33. The first kappa shape index (κ1) is 16.9. The van der Waals surface area contributed by atoms with Gasteiger partial charge in [-0.25, -0.2) is 4.68 Å². The highest BCUT2D eigenvalue weighted by atomic mass is 35.5. The Kier molecular flexibility index (Phi) is 4.69. The second kappa shape index (κ2) is 6.92. The van der Waals surface area contributed by atoms with Crippen LogP contribution in [0.1, 0.15) is 28.1 Å². The predicted molar refractivity (Wildman–Crippen MR) is 101 cm³/mol. The van der Waals surface area contributed by atoms with E-state index in [1.54, 1.807) is 23.0 Å². The largest absolute Gasteiger partial charge is 0.256 e. The van der Waals surface area contributed by atoms with Crippen molar-refractivity contribution in [3.05, 3.63) is 75.8 Å². The Labute approximate surface area is 152 Å². The Morgan fingerprint density at radius 2 is 2.00 bits per heavy atom. The van der Waals surface area contributed by atoms with Crippen molar-refractivity contribution in [3.8, 4) is 11.8 Å². The summed E-state index contributed by atoms with van der Waals surface area (Å²) in [6.07, 6.45) is 3.41. The fraction of sp³-hybridized carbons (Fsp3) is 0.150. The minimum absolute atomic E-state index is 0.450. The first-order valence-electron chi connectivity index (χ1n) is 7.87. The van der Waals surface area contributed by atoms with E-state index in [0.717, 1.165) is 28.1 Å². The molecule has 0 aliphatic carbocycles. The van der Waals surface area contributed by atoms with Crippen LogP contribution in [-0.2, 0) is 0 Å². The zero-order valence-corrected chi connectivity index (χ0v) is 15.0. The van der Waals surface area contributed by atoms with Crippen LogP contribution in [0.4, 0.5) is 0 Å². The average Bonchev–Trinajstić information content (AvgIpc) is 2.90. The summed E-state index contributed by atoms with van der Waals surface area (Å²) >= 11 is 6.60. The van der Waals surface area contributed by atoms with Crippen LogP contribution in [0, 0.1) is 32.1 Å². The number of pyridine rings is 1. The van der Waals surface area contributed by atoms with Gasteiger partial charge in [0.05, 0.1) is 22.6 Å². The topological polar surface area (TPSA) is 54.5 Å². The van der Waals surface area contributed by atoms with Gasteiger partial charge in [-0.15, -0.1) is 0 Å². The predicted octanol–water partition coefficient (Wildman–Crippen LogP) is 4.91. The first-order valence-corrected chi connectivity index (χ1v) is 8.25. The molecular weight excluding hydrogens is 332 g/mol. The fourth-order valence-corrected chi connectivity index (χ4v) is 2.93. The molecule has 25 heavy (non-hydrogen) atoms. The second-order valence-corrected chi connectivity index (χ2v) is 6.23. The van der Waals surface area contributed by atoms with Gasteiger partial charge in [-0.3, -0.25) is 4.98 Å². The number of halogens is 1. The van der Waals surface area contributed by atoms with Crippen molar-refractivity contribution in [2.45, 2.75) is 20.8 Å². The quantitative estimate of drug-likeness (QED) is 0.632. The number of hydrogen-bond acceptors (Lipinski definition) is 3. The van der Waals surface area contributed by atoms with Gasteiger partial charge >= 0.3 is 0 Å². The second-order valence-electron chi connectivity index (χ2n) is 5.88. The summed E-state index contributed by atoms with van der Waals surface area (Å²) < 4.78 is 1.72. The standard InChI is InChI=1S/C20H17ClN4/c1-13-7-8-14(2)19(10-13)25-20(21)17(15(3)24-25)11-16(12-22)18-6-4-5-9-23-18/h4-11H,1-3H3/b16-11+. The third-order valence-electron chi connectivity index (χ3n) is 3.99. The van der Waals surface area contributed by atoms with E-state index >= 15 is 0 Å². The number of rotatable bonds is 3. The number of allylic oxidation sites excluding steroid dienone is 1. The van der Waals surface area contributed by atoms with Crippen molar-refractivity contribution >= 4 is 23.3 Å². The lowest BCUT2D eigenvalue weighted by molar-refractivity contribution is 0.855. The summed E-state index contributed by atoms with van der Waals surface area (Å²) in [4.78, 5) is 4.24. The molecule has 0 spiro atoms. The molecule has 0 unspecified atom stereocenters. The molecule has 0 fully saturated rings. The Morgan fingerprint density at radius 1 is 1.20 bits per heavy atom. The van der Waals surface area contributed by atoms with Crippen LogP contribution in [0.15, 0.2) is 42.6 Å². The Balaban J connectivity index is 2.14. The van der Waals surface area contributed by atoms with Gasteiger partial charge < -0.3 is 0 Å². The minimum Gasteiger partial charge on any atom is -0.256 e. The third-order valence-corrected chi connectivity index (χ3v) is 4.35. The van der Waals surface area contributed by atoms with Crippen LogP contribution in [0.5, 0.6) is 0 Å². The Morgan fingerprint density at radius 3 is 2.68 bits per heavy atom. The molecule has 2 heterocycles. The van der Waals surface area contributed by atoms with Crippen LogP contribution in [0.2, 0.25) is 5.15 Å². The highest BCUT2D eigenvalue weighted by Gasteiger charge is 2.16. The summed E-state index contributed by atoms with van der Waals surface area (Å²) in [7, 11) is 0. The Hall–Kier alpha value is -2.90. The molecular formula is C20H17ClN4. The molecule has 5 heteroatoms. The maximum atomic E-state index is 9.50. The molecule has 0 radical (unpaired) electrons. The average molecular weight is 349 g/mol. The van der Waals surface area contributed by atoms with E-state index in [0.29, 0.717) is 16.4 Å². The van der Waals surface area contributed by atoms with Crippen LogP contribution in [0.3, 0.4) is 0 Å². The van der Waals surface area contributed by atoms with Crippen LogP contribution < -0.4 is 0 Å². The molecule has 2 aromatic heterocycles. The molecule has 3 aromatic rings. The van der Waals surface area contributed by atoms with E-state index in [-0.39, 0.29) is 0 Å². The lowest BCUT2D eigenvalue weighted by Gasteiger charge is -2.08. The molecule has 3 rings (SSSR count). The highest BCUT2D eigenvalue weighted by molar-refractivity contribution is 6.31. The number of nitriles is 1. The van der Waals surface area contributed by atoms with Crippen molar-refractivity contribution in [1.82, 2.24) is 14.8 Å². The Bertz CT molecular complexity index is 995. The van der Waals surface area contributed by atoms with Gasteiger partial charge in [-0.1, -0.05) is 29.8 Å².